The molecule has 2 unspecified atom stereocenters. The summed E-state index contributed by atoms with van der Waals surface area (Å²) in [6, 6.07) is 0. The van der Waals surface area contributed by atoms with Crippen LogP contribution in [0.5, 0.6) is 0 Å². The molecule has 1 rings (SSSR count). The largest absolute Gasteiger partial charge is 0.481 e. The van der Waals surface area contributed by atoms with Gasteiger partial charge in [-0.15, -0.1) is 0 Å². The number of aliphatic hydroxyl groups is 2. The van der Waals surface area contributed by atoms with E-state index in [9.17, 15) is 9.59 Å². The van der Waals surface area contributed by atoms with Crippen LogP contribution >= 0.6 is 0 Å². The van der Waals surface area contributed by atoms with E-state index in [1.165, 1.54) is 12.8 Å². The standard InChI is InChI=1S/C8H16O2.C4H6O4/c9-5-7-3-1-2-4-8(7)6-10;5-3(6)1-2-4(7)8/h7-10H,1-6H2;1-2H2,(H,5,6)(H,7,8). The van der Waals surface area contributed by atoms with E-state index in [1.807, 2.05) is 0 Å². The zero-order valence-electron chi connectivity index (χ0n) is 10.4. The highest BCUT2D eigenvalue weighted by molar-refractivity contribution is 5.75. The zero-order valence-corrected chi connectivity index (χ0v) is 10.4. The van der Waals surface area contributed by atoms with Gasteiger partial charge in [0, 0.05) is 13.2 Å². The Balaban J connectivity index is 0.000000331. The van der Waals surface area contributed by atoms with Gasteiger partial charge >= 0.3 is 11.9 Å². The minimum Gasteiger partial charge on any atom is -0.481 e. The third-order valence-electron chi connectivity index (χ3n) is 3.09. The second-order valence-electron chi connectivity index (χ2n) is 4.46. The van der Waals surface area contributed by atoms with E-state index < -0.39 is 11.9 Å². The summed E-state index contributed by atoms with van der Waals surface area (Å²) in [7, 11) is 0. The molecule has 1 fully saturated rings. The normalized spacial score (nSPS) is 22.8. The SMILES string of the molecule is O=C(O)CCC(=O)O.OCC1CCCCC1CO. The van der Waals surface area contributed by atoms with Crippen LogP contribution in [0.4, 0.5) is 0 Å². The highest BCUT2D eigenvalue weighted by Gasteiger charge is 2.23. The number of aliphatic carboxylic acids is 2. The highest BCUT2D eigenvalue weighted by atomic mass is 16.4. The van der Waals surface area contributed by atoms with Crippen LogP contribution in [0.1, 0.15) is 38.5 Å². The van der Waals surface area contributed by atoms with Gasteiger partial charge in [-0.3, -0.25) is 9.59 Å². The number of hydrogen-bond acceptors (Lipinski definition) is 4. The average Bonchev–Trinajstić information content (AvgIpc) is 2.37. The lowest BCUT2D eigenvalue weighted by Gasteiger charge is -2.28. The second kappa shape index (κ2) is 9.85. The van der Waals surface area contributed by atoms with Gasteiger partial charge in [-0.2, -0.15) is 0 Å². The summed E-state index contributed by atoms with van der Waals surface area (Å²) >= 11 is 0. The lowest BCUT2D eigenvalue weighted by molar-refractivity contribution is -0.143. The van der Waals surface area contributed by atoms with Crippen LogP contribution in [0, 0.1) is 11.8 Å². The van der Waals surface area contributed by atoms with Gasteiger partial charge < -0.3 is 20.4 Å². The van der Waals surface area contributed by atoms with Gasteiger partial charge in [0.15, 0.2) is 0 Å². The summed E-state index contributed by atoms with van der Waals surface area (Å²) in [6.07, 6.45) is 4.05. The Hall–Kier alpha value is -1.14. The molecule has 6 nitrogen and oxygen atoms in total. The summed E-state index contributed by atoms with van der Waals surface area (Å²) in [5, 5.41) is 33.6. The number of aliphatic hydroxyl groups excluding tert-OH is 2. The van der Waals surface area contributed by atoms with Crippen LogP contribution in [-0.4, -0.2) is 45.6 Å². The Morgan fingerprint density at radius 3 is 1.39 bits per heavy atom. The molecule has 0 aromatic carbocycles. The number of hydrogen-bond donors (Lipinski definition) is 4. The first-order chi connectivity index (χ1) is 8.51. The molecular formula is C12H22O6. The first-order valence-corrected chi connectivity index (χ1v) is 6.16. The summed E-state index contributed by atoms with van der Waals surface area (Å²) in [4.78, 5) is 19.3. The molecule has 0 bridgehead atoms. The third-order valence-corrected chi connectivity index (χ3v) is 3.09. The molecule has 4 N–H and O–H groups in total. The van der Waals surface area contributed by atoms with Crippen molar-refractivity contribution in [3.05, 3.63) is 0 Å². The summed E-state index contributed by atoms with van der Waals surface area (Å²) < 4.78 is 0. The summed E-state index contributed by atoms with van der Waals surface area (Å²) in [5.41, 5.74) is 0. The molecule has 18 heavy (non-hydrogen) atoms. The molecule has 0 aliphatic heterocycles. The first kappa shape index (κ1) is 16.9. The van der Waals surface area contributed by atoms with Crippen molar-refractivity contribution in [1.82, 2.24) is 0 Å². The highest BCUT2D eigenvalue weighted by Crippen LogP contribution is 2.28. The van der Waals surface area contributed by atoms with Crippen LogP contribution in [0.25, 0.3) is 0 Å². The number of carboxylic acids is 2. The quantitative estimate of drug-likeness (QED) is 0.580. The van der Waals surface area contributed by atoms with E-state index in [0.29, 0.717) is 11.8 Å². The molecule has 0 aromatic rings. The Labute approximate surface area is 106 Å². The molecule has 6 heteroatoms. The number of rotatable bonds is 5. The van der Waals surface area contributed by atoms with Crippen LogP contribution < -0.4 is 0 Å². The van der Waals surface area contributed by atoms with Crippen LogP contribution in [0.15, 0.2) is 0 Å². The van der Waals surface area contributed by atoms with Gasteiger partial charge in [0.05, 0.1) is 12.8 Å². The number of carbonyl (C=O) groups is 2. The van der Waals surface area contributed by atoms with Crippen molar-refractivity contribution >= 4 is 11.9 Å². The molecule has 1 aliphatic carbocycles. The molecule has 1 aliphatic rings. The Bertz CT molecular complexity index is 227. The molecule has 0 spiro atoms. The van der Waals surface area contributed by atoms with Gasteiger partial charge in [0.2, 0.25) is 0 Å². The summed E-state index contributed by atoms with van der Waals surface area (Å²) in [5.74, 6) is -1.41. The monoisotopic (exact) mass is 262 g/mol. The third kappa shape index (κ3) is 8.03. The zero-order chi connectivity index (χ0) is 14.0. The van der Waals surface area contributed by atoms with Crippen LogP contribution in [0.2, 0.25) is 0 Å². The molecular weight excluding hydrogens is 240 g/mol. The van der Waals surface area contributed by atoms with Gasteiger partial charge in [-0.1, -0.05) is 12.8 Å². The molecule has 2 atom stereocenters. The lowest BCUT2D eigenvalue weighted by Crippen LogP contribution is -2.25. The maximum absolute atomic E-state index is 9.64. The van der Waals surface area contributed by atoms with Gasteiger partial charge in [0.25, 0.3) is 0 Å². The van der Waals surface area contributed by atoms with Crippen LogP contribution in [-0.2, 0) is 9.59 Å². The Morgan fingerprint density at radius 1 is 0.833 bits per heavy atom. The van der Waals surface area contributed by atoms with Crippen molar-refractivity contribution in [3.8, 4) is 0 Å². The maximum atomic E-state index is 9.64. The minimum atomic E-state index is -1.08. The molecule has 0 saturated heterocycles. The number of carboxylic acid groups (broad SMARTS) is 2. The molecule has 0 radical (unpaired) electrons. The van der Waals surface area contributed by atoms with Crippen LogP contribution in [0.3, 0.4) is 0 Å². The van der Waals surface area contributed by atoms with E-state index in [1.54, 1.807) is 0 Å². The van der Waals surface area contributed by atoms with Crippen molar-refractivity contribution < 1.29 is 30.0 Å². The van der Waals surface area contributed by atoms with E-state index in [2.05, 4.69) is 0 Å². The van der Waals surface area contributed by atoms with Crippen molar-refractivity contribution in [3.63, 3.8) is 0 Å². The van der Waals surface area contributed by atoms with Crippen molar-refractivity contribution in [2.24, 2.45) is 11.8 Å². The Kier molecular flexibility index (Phi) is 9.22. The van der Waals surface area contributed by atoms with Gasteiger partial charge in [0.1, 0.15) is 0 Å². The fourth-order valence-electron chi connectivity index (χ4n) is 1.98. The van der Waals surface area contributed by atoms with Crippen molar-refractivity contribution in [1.29, 1.82) is 0 Å². The average molecular weight is 262 g/mol. The van der Waals surface area contributed by atoms with Gasteiger partial charge in [-0.25, -0.2) is 0 Å². The van der Waals surface area contributed by atoms with E-state index in [-0.39, 0.29) is 26.1 Å². The molecule has 106 valence electrons. The van der Waals surface area contributed by atoms with E-state index in [4.69, 9.17) is 20.4 Å². The van der Waals surface area contributed by atoms with E-state index >= 15 is 0 Å². The van der Waals surface area contributed by atoms with Gasteiger partial charge in [-0.05, 0) is 24.7 Å². The Morgan fingerprint density at radius 2 is 1.17 bits per heavy atom. The fourth-order valence-corrected chi connectivity index (χ4v) is 1.98. The minimum absolute atomic E-state index is 0.255. The smallest absolute Gasteiger partial charge is 0.303 e. The van der Waals surface area contributed by atoms with E-state index in [0.717, 1.165) is 12.8 Å². The van der Waals surface area contributed by atoms with Crippen molar-refractivity contribution in [2.75, 3.05) is 13.2 Å². The fraction of sp³-hybridized carbons (Fsp3) is 0.833. The summed E-state index contributed by atoms with van der Waals surface area (Å²) in [6.45, 7) is 0.510. The molecule has 0 aromatic heterocycles. The maximum Gasteiger partial charge on any atom is 0.303 e. The predicted molar refractivity (Wildman–Crippen MR) is 64.1 cm³/mol. The van der Waals surface area contributed by atoms with Crippen molar-refractivity contribution in [2.45, 2.75) is 38.5 Å². The predicted octanol–water partition coefficient (Wildman–Crippen LogP) is 0.713. The first-order valence-electron chi connectivity index (χ1n) is 6.16. The molecule has 0 amide bonds. The molecule has 0 heterocycles. The lowest BCUT2D eigenvalue weighted by atomic mass is 9.80. The second-order valence-corrected chi connectivity index (χ2v) is 4.46. The molecule has 1 saturated carbocycles. The topological polar surface area (TPSA) is 115 Å².